The largest absolute Gasteiger partial charge is 0.481 e. The molecule has 1 atom stereocenters. The summed E-state index contributed by atoms with van der Waals surface area (Å²) >= 11 is 0. The van der Waals surface area contributed by atoms with Gasteiger partial charge in [-0.15, -0.1) is 0 Å². The highest BCUT2D eigenvalue weighted by Gasteiger charge is 2.19. The normalized spacial score (nSPS) is 11.5. The first-order valence-electron chi connectivity index (χ1n) is 8.40. The smallest absolute Gasteiger partial charge is 0.358 e. The maximum atomic E-state index is 12.4. The topological polar surface area (TPSA) is 114 Å². The summed E-state index contributed by atoms with van der Waals surface area (Å²) in [6.45, 7) is 3.56. The summed E-state index contributed by atoms with van der Waals surface area (Å²) in [6, 6.07) is 8.01. The van der Waals surface area contributed by atoms with E-state index in [1.807, 2.05) is 0 Å². The fourth-order valence-corrected chi connectivity index (χ4v) is 2.33. The molecule has 1 unspecified atom stereocenters. The second kappa shape index (κ2) is 8.84. The van der Waals surface area contributed by atoms with E-state index in [9.17, 15) is 14.4 Å². The highest BCUT2D eigenvalue weighted by atomic mass is 16.5. The van der Waals surface area contributed by atoms with Crippen molar-refractivity contribution < 1.29 is 24.2 Å². The van der Waals surface area contributed by atoms with Gasteiger partial charge in [-0.3, -0.25) is 4.79 Å². The predicted octanol–water partition coefficient (Wildman–Crippen LogP) is 2.23. The van der Waals surface area contributed by atoms with Crippen LogP contribution in [0.3, 0.4) is 0 Å². The van der Waals surface area contributed by atoms with Crippen molar-refractivity contribution in [2.24, 2.45) is 5.92 Å². The van der Waals surface area contributed by atoms with Gasteiger partial charge in [0.05, 0.1) is 23.9 Å². The Kier molecular flexibility index (Phi) is 6.53. The lowest BCUT2D eigenvalue weighted by Gasteiger charge is -2.21. The molecule has 2 aromatic rings. The number of nitrogens with zero attached hydrogens (tertiary/aromatic N) is 3. The molecule has 0 spiro atoms. The minimum Gasteiger partial charge on any atom is -0.481 e. The number of nitrogens with one attached hydrogen (secondary N) is 1. The molecule has 0 aliphatic heterocycles. The van der Waals surface area contributed by atoms with E-state index >= 15 is 0 Å². The summed E-state index contributed by atoms with van der Waals surface area (Å²) in [4.78, 5) is 36.4. The minimum absolute atomic E-state index is 0.0676. The first kappa shape index (κ1) is 20.0. The molecule has 9 nitrogen and oxygen atoms in total. The Balaban J connectivity index is 2.17. The van der Waals surface area contributed by atoms with Crippen LogP contribution in [0, 0.1) is 5.92 Å². The average Bonchev–Trinajstić information content (AvgIpc) is 3.12. The molecule has 0 aliphatic carbocycles. The van der Waals surface area contributed by atoms with Crippen molar-refractivity contribution in [3.05, 3.63) is 42.2 Å². The fraction of sp³-hybridized carbons (Fsp3) is 0.333. The van der Waals surface area contributed by atoms with E-state index in [4.69, 9.17) is 9.84 Å². The average molecular weight is 374 g/mol. The van der Waals surface area contributed by atoms with Crippen LogP contribution in [-0.4, -0.2) is 58.0 Å². The molecule has 0 radical (unpaired) electrons. The standard InChI is InChI=1S/C18H22N4O5/c1-4-27-17(25)14-9-10-22(20-14)15-8-6-5-7-13(15)19-18(26)21(3)11-12(2)16(23)24/h5-10,12H,4,11H2,1-3H3,(H,19,26)(H,23,24). The number of amides is 2. The first-order chi connectivity index (χ1) is 12.8. The Labute approximate surface area is 156 Å². The number of aromatic nitrogens is 2. The van der Waals surface area contributed by atoms with Gasteiger partial charge >= 0.3 is 18.0 Å². The van der Waals surface area contributed by atoms with Crippen molar-refractivity contribution in [3.8, 4) is 5.69 Å². The minimum atomic E-state index is -0.974. The number of rotatable bonds is 7. The van der Waals surface area contributed by atoms with E-state index in [2.05, 4.69) is 10.4 Å². The third kappa shape index (κ3) is 5.06. The Bertz CT molecular complexity index is 833. The summed E-state index contributed by atoms with van der Waals surface area (Å²) in [6.07, 6.45) is 1.59. The third-order valence-corrected chi connectivity index (χ3v) is 3.78. The molecule has 0 bridgehead atoms. The monoisotopic (exact) mass is 374 g/mol. The van der Waals surface area contributed by atoms with Gasteiger partial charge in [0.2, 0.25) is 0 Å². The van der Waals surface area contributed by atoms with Gasteiger partial charge in [0, 0.05) is 19.8 Å². The summed E-state index contributed by atoms with van der Waals surface area (Å²) in [5.41, 5.74) is 1.18. The Morgan fingerprint density at radius 3 is 2.67 bits per heavy atom. The highest BCUT2D eigenvalue weighted by Crippen LogP contribution is 2.20. The van der Waals surface area contributed by atoms with Crippen molar-refractivity contribution in [3.63, 3.8) is 0 Å². The van der Waals surface area contributed by atoms with Crippen LogP contribution in [0.4, 0.5) is 10.5 Å². The van der Waals surface area contributed by atoms with Gasteiger partial charge in [0.25, 0.3) is 0 Å². The summed E-state index contributed by atoms with van der Waals surface area (Å²) < 4.78 is 6.38. The number of anilines is 1. The number of carboxylic acids is 1. The number of para-hydroxylation sites is 2. The Morgan fingerprint density at radius 2 is 2.00 bits per heavy atom. The van der Waals surface area contributed by atoms with E-state index in [0.717, 1.165) is 0 Å². The van der Waals surface area contributed by atoms with Gasteiger partial charge in [-0.25, -0.2) is 14.3 Å². The molecule has 9 heteroatoms. The van der Waals surface area contributed by atoms with E-state index < -0.39 is 23.9 Å². The molecule has 2 N–H and O–H groups in total. The van der Waals surface area contributed by atoms with Crippen LogP contribution in [-0.2, 0) is 9.53 Å². The number of benzene rings is 1. The molecule has 2 rings (SSSR count). The zero-order valence-electron chi connectivity index (χ0n) is 15.4. The van der Waals surface area contributed by atoms with Crippen LogP contribution in [0.2, 0.25) is 0 Å². The number of hydrogen-bond acceptors (Lipinski definition) is 5. The van der Waals surface area contributed by atoms with Crippen molar-refractivity contribution in [1.82, 2.24) is 14.7 Å². The van der Waals surface area contributed by atoms with E-state index in [1.54, 1.807) is 37.4 Å². The van der Waals surface area contributed by atoms with E-state index in [1.165, 1.54) is 29.6 Å². The maximum absolute atomic E-state index is 12.4. The second-order valence-electron chi connectivity index (χ2n) is 5.93. The molecule has 144 valence electrons. The Hall–Kier alpha value is -3.36. The molecular formula is C18H22N4O5. The van der Waals surface area contributed by atoms with Gasteiger partial charge in [0.15, 0.2) is 5.69 Å². The lowest BCUT2D eigenvalue weighted by molar-refractivity contribution is -0.141. The van der Waals surface area contributed by atoms with Crippen LogP contribution in [0.15, 0.2) is 36.5 Å². The summed E-state index contributed by atoms with van der Waals surface area (Å²) in [5, 5.41) is 15.9. The van der Waals surface area contributed by atoms with Crippen molar-refractivity contribution in [1.29, 1.82) is 0 Å². The molecular weight excluding hydrogens is 352 g/mol. The van der Waals surface area contributed by atoms with Crippen molar-refractivity contribution >= 4 is 23.7 Å². The Morgan fingerprint density at radius 1 is 1.30 bits per heavy atom. The molecule has 0 aliphatic rings. The van der Waals surface area contributed by atoms with Gasteiger partial charge in [0.1, 0.15) is 0 Å². The third-order valence-electron chi connectivity index (χ3n) is 3.78. The molecule has 1 aromatic carbocycles. The van der Waals surface area contributed by atoms with Crippen LogP contribution < -0.4 is 5.32 Å². The zero-order valence-corrected chi connectivity index (χ0v) is 15.4. The number of esters is 1. The van der Waals surface area contributed by atoms with Crippen molar-refractivity contribution in [2.75, 3.05) is 25.5 Å². The first-order valence-corrected chi connectivity index (χ1v) is 8.40. The van der Waals surface area contributed by atoms with Crippen LogP contribution in [0.1, 0.15) is 24.3 Å². The number of urea groups is 1. The SMILES string of the molecule is CCOC(=O)c1ccn(-c2ccccc2NC(=O)N(C)CC(C)C(=O)O)n1. The second-order valence-corrected chi connectivity index (χ2v) is 5.93. The number of carboxylic acid groups (broad SMARTS) is 1. The molecule has 0 saturated carbocycles. The number of carbonyl (C=O) groups is 3. The van der Waals surface area contributed by atoms with Crippen molar-refractivity contribution in [2.45, 2.75) is 13.8 Å². The lowest BCUT2D eigenvalue weighted by atomic mass is 10.2. The number of aliphatic carboxylic acids is 1. The van der Waals surface area contributed by atoms with Crippen LogP contribution >= 0.6 is 0 Å². The molecule has 1 aromatic heterocycles. The number of hydrogen-bond donors (Lipinski definition) is 2. The highest BCUT2D eigenvalue weighted by molar-refractivity contribution is 5.92. The van der Waals surface area contributed by atoms with Crippen LogP contribution in [0.25, 0.3) is 5.69 Å². The predicted molar refractivity (Wildman–Crippen MR) is 98.0 cm³/mol. The molecule has 1 heterocycles. The lowest BCUT2D eigenvalue weighted by Crippen LogP contribution is -2.36. The van der Waals surface area contributed by atoms with E-state index in [0.29, 0.717) is 11.4 Å². The summed E-state index contributed by atoms with van der Waals surface area (Å²) in [7, 11) is 1.52. The zero-order chi connectivity index (χ0) is 20.0. The molecule has 0 saturated heterocycles. The number of ether oxygens (including phenoxy) is 1. The maximum Gasteiger partial charge on any atom is 0.358 e. The van der Waals surface area contributed by atoms with E-state index in [-0.39, 0.29) is 18.8 Å². The van der Waals surface area contributed by atoms with Crippen LogP contribution in [0.5, 0.6) is 0 Å². The summed E-state index contributed by atoms with van der Waals surface area (Å²) in [5.74, 6) is -2.19. The number of carbonyl (C=O) groups excluding carboxylic acids is 2. The molecule has 0 fully saturated rings. The van der Waals surface area contributed by atoms with Gasteiger partial charge in [-0.05, 0) is 25.1 Å². The van der Waals surface area contributed by atoms with Gasteiger partial charge in [-0.2, -0.15) is 5.10 Å². The van der Waals surface area contributed by atoms with Gasteiger partial charge < -0.3 is 20.1 Å². The fourth-order valence-electron chi connectivity index (χ4n) is 2.33. The van der Waals surface area contributed by atoms with Gasteiger partial charge in [-0.1, -0.05) is 19.1 Å². The quantitative estimate of drug-likeness (QED) is 0.719. The molecule has 2 amide bonds. The molecule has 27 heavy (non-hydrogen) atoms.